The molecule has 0 bridgehead atoms. The molecule has 98 valence electrons. The molecule has 1 N–H and O–H groups in total. The molecule has 2 aliphatic rings. The number of ether oxygens (including phenoxy) is 1. The maximum atomic E-state index is 12.5. The summed E-state index contributed by atoms with van der Waals surface area (Å²) < 4.78 is 5.41. The number of hydrogen-bond acceptors (Lipinski definition) is 3. The van der Waals surface area contributed by atoms with Gasteiger partial charge in [0, 0.05) is 6.61 Å². The average Bonchev–Trinajstić information content (AvgIpc) is 2.95. The van der Waals surface area contributed by atoms with Crippen LogP contribution in [0.4, 0.5) is 0 Å². The summed E-state index contributed by atoms with van der Waals surface area (Å²) in [6.07, 6.45) is 3.19. The van der Waals surface area contributed by atoms with Gasteiger partial charge in [0.25, 0.3) is 0 Å². The maximum Gasteiger partial charge on any atom is 0.241 e. The van der Waals surface area contributed by atoms with Crippen molar-refractivity contribution < 1.29 is 9.53 Å². The maximum absolute atomic E-state index is 12.5. The summed E-state index contributed by atoms with van der Waals surface area (Å²) in [7, 11) is 0. The van der Waals surface area contributed by atoms with Crippen molar-refractivity contribution in [3.63, 3.8) is 0 Å². The molecule has 0 aliphatic carbocycles. The van der Waals surface area contributed by atoms with Gasteiger partial charge in [-0.05, 0) is 18.8 Å². The minimum Gasteiger partial charge on any atom is -0.379 e. The minimum atomic E-state index is 0.00514. The lowest BCUT2D eigenvalue weighted by Gasteiger charge is -2.28. The molecule has 0 aromatic carbocycles. The van der Waals surface area contributed by atoms with Gasteiger partial charge in [-0.3, -0.25) is 10.1 Å². The van der Waals surface area contributed by atoms with E-state index in [-0.39, 0.29) is 24.2 Å². The normalized spacial score (nSPS) is 35.6. The highest BCUT2D eigenvalue weighted by Gasteiger charge is 2.44. The molecule has 2 heterocycles. The van der Waals surface area contributed by atoms with Gasteiger partial charge in [-0.2, -0.15) is 0 Å². The highest BCUT2D eigenvalue weighted by Crippen LogP contribution is 2.26. The van der Waals surface area contributed by atoms with Gasteiger partial charge < -0.3 is 9.64 Å². The van der Waals surface area contributed by atoms with Gasteiger partial charge >= 0.3 is 0 Å². The minimum absolute atomic E-state index is 0.00514. The molecule has 17 heavy (non-hydrogen) atoms. The molecule has 0 spiro atoms. The van der Waals surface area contributed by atoms with Crippen LogP contribution >= 0.6 is 0 Å². The van der Waals surface area contributed by atoms with Gasteiger partial charge in [0.15, 0.2) is 0 Å². The zero-order valence-electron chi connectivity index (χ0n) is 11.1. The predicted octanol–water partition coefficient (Wildman–Crippen LogP) is 1.36. The van der Waals surface area contributed by atoms with E-state index >= 15 is 0 Å². The molecule has 4 heteroatoms. The van der Waals surface area contributed by atoms with E-state index in [1.165, 1.54) is 0 Å². The Morgan fingerprint density at radius 2 is 2.29 bits per heavy atom. The molecule has 4 nitrogen and oxygen atoms in total. The molecule has 4 unspecified atom stereocenters. The fraction of sp³-hybridized carbons (Fsp3) is 0.923. The van der Waals surface area contributed by atoms with Crippen LogP contribution in [0.5, 0.6) is 0 Å². The summed E-state index contributed by atoms with van der Waals surface area (Å²) >= 11 is 0. The van der Waals surface area contributed by atoms with E-state index < -0.39 is 0 Å². The Morgan fingerprint density at radius 3 is 2.82 bits per heavy atom. The molecule has 2 saturated heterocycles. The SMILES string of the molecule is CCC(C)C1NC(CC)N(C2CCOC2)C1=O. The van der Waals surface area contributed by atoms with Crippen LogP contribution in [-0.4, -0.2) is 42.3 Å². The second-order valence-electron chi connectivity index (χ2n) is 5.22. The summed E-state index contributed by atoms with van der Waals surface area (Å²) in [5, 5.41) is 3.49. The number of nitrogens with zero attached hydrogens (tertiary/aromatic N) is 1. The summed E-state index contributed by atoms with van der Waals surface area (Å²) in [6.45, 7) is 7.92. The topological polar surface area (TPSA) is 41.6 Å². The Balaban J connectivity index is 2.10. The van der Waals surface area contributed by atoms with Crippen molar-refractivity contribution in [2.45, 2.75) is 58.3 Å². The van der Waals surface area contributed by atoms with Crippen LogP contribution in [0.2, 0.25) is 0 Å². The summed E-state index contributed by atoms with van der Waals surface area (Å²) in [5.41, 5.74) is 0. The first-order valence-electron chi connectivity index (χ1n) is 6.85. The van der Waals surface area contributed by atoms with Crippen molar-refractivity contribution in [2.75, 3.05) is 13.2 Å². The molecule has 2 aliphatic heterocycles. The molecule has 2 rings (SSSR count). The van der Waals surface area contributed by atoms with E-state index in [1.807, 2.05) is 4.90 Å². The second-order valence-corrected chi connectivity index (χ2v) is 5.22. The third-order valence-corrected chi connectivity index (χ3v) is 4.13. The van der Waals surface area contributed by atoms with Crippen molar-refractivity contribution in [3.8, 4) is 0 Å². The Hall–Kier alpha value is -0.610. The Morgan fingerprint density at radius 1 is 1.53 bits per heavy atom. The summed E-state index contributed by atoms with van der Waals surface area (Å²) in [5.74, 6) is 0.686. The predicted molar refractivity (Wildman–Crippen MR) is 66.5 cm³/mol. The van der Waals surface area contributed by atoms with Crippen LogP contribution in [0.25, 0.3) is 0 Å². The van der Waals surface area contributed by atoms with Crippen LogP contribution in [0, 0.1) is 5.92 Å². The van der Waals surface area contributed by atoms with Gasteiger partial charge in [-0.15, -0.1) is 0 Å². The van der Waals surface area contributed by atoms with Gasteiger partial charge in [0.05, 0.1) is 24.9 Å². The van der Waals surface area contributed by atoms with Crippen molar-refractivity contribution in [1.29, 1.82) is 0 Å². The first kappa shape index (κ1) is 12.8. The molecule has 1 amide bonds. The number of hydrogen-bond donors (Lipinski definition) is 1. The van der Waals surface area contributed by atoms with Gasteiger partial charge in [0.2, 0.25) is 5.91 Å². The van der Waals surface area contributed by atoms with E-state index in [0.29, 0.717) is 12.5 Å². The summed E-state index contributed by atoms with van der Waals surface area (Å²) in [6, 6.07) is 0.291. The number of carbonyl (C=O) groups excluding carboxylic acids is 1. The lowest BCUT2D eigenvalue weighted by atomic mass is 9.99. The molecular weight excluding hydrogens is 216 g/mol. The molecule has 4 atom stereocenters. The molecule has 0 aromatic rings. The van der Waals surface area contributed by atoms with E-state index in [4.69, 9.17) is 4.74 Å². The number of rotatable bonds is 4. The van der Waals surface area contributed by atoms with E-state index in [1.54, 1.807) is 0 Å². The standard InChI is InChI=1S/C13H24N2O2/c1-4-9(3)12-13(16)15(11(5-2)14-12)10-6-7-17-8-10/h9-12,14H,4-8H2,1-3H3. The number of nitrogens with one attached hydrogen (secondary N) is 1. The quantitative estimate of drug-likeness (QED) is 0.806. The zero-order valence-corrected chi connectivity index (χ0v) is 11.1. The first-order chi connectivity index (χ1) is 8.19. The van der Waals surface area contributed by atoms with Crippen molar-refractivity contribution >= 4 is 5.91 Å². The monoisotopic (exact) mass is 240 g/mol. The van der Waals surface area contributed by atoms with Crippen molar-refractivity contribution in [2.24, 2.45) is 5.92 Å². The lowest BCUT2D eigenvalue weighted by Crippen LogP contribution is -2.44. The van der Waals surface area contributed by atoms with Gasteiger partial charge in [0.1, 0.15) is 0 Å². The molecular formula is C13H24N2O2. The van der Waals surface area contributed by atoms with Crippen LogP contribution in [0.3, 0.4) is 0 Å². The third-order valence-electron chi connectivity index (χ3n) is 4.13. The fourth-order valence-electron chi connectivity index (χ4n) is 2.81. The second kappa shape index (κ2) is 5.36. The third kappa shape index (κ3) is 2.33. The van der Waals surface area contributed by atoms with E-state index in [0.717, 1.165) is 25.9 Å². The largest absolute Gasteiger partial charge is 0.379 e. The molecule has 0 radical (unpaired) electrons. The van der Waals surface area contributed by atoms with Crippen molar-refractivity contribution in [3.05, 3.63) is 0 Å². The van der Waals surface area contributed by atoms with E-state index in [9.17, 15) is 4.79 Å². The summed E-state index contributed by atoms with van der Waals surface area (Å²) in [4.78, 5) is 14.5. The highest BCUT2D eigenvalue weighted by molar-refractivity contribution is 5.85. The fourth-order valence-corrected chi connectivity index (χ4v) is 2.81. The first-order valence-corrected chi connectivity index (χ1v) is 6.85. The molecule has 2 fully saturated rings. The Bertz CT molecular complexity index is 277. The number of carbonyl (C=O) groups is 1. The van der Waals surface area contributed by atoms with Crippen LogP contribution in [0.15, 0.2) is 0 Å². The Labute approximate surface area is 104 Å². The Kier molecular flexibility index (Phi) is 4.05. The van der Waals surface area contributed by atoms with Gasteiger partial charge in [-0.1, -0.05) is 27.2 Å². The zero-order chi connectivity index (χ0) is 12.4. The van der Waals surface area contributed by atoms with Crippen LogP contribution in [0.1, 0.15) is 40.0 Å². The van der Waals surface area contributed by atoms with E-state index in [2.05, 4.69) is 26.1 Å². The van der Waals surface area contributed by atoms with Crippen LogP contribution in [-0.2, 0) is 9.53 Å². The van der Waals surface area contributed by atoms with Crippen LogP contribution < -0.4 is 5.32 Å². The van der Waals surface area contributed by atoms with Gasteiger partial charge in [-0.25, -0.2) is 0 Å². The average molecular weight is 240 g/mol. The number of amides is 1. The smallest absolute Gasteiger partial charge is 0.241 e. The van der Waals surface area contributed by atoms with Crippen molar-refractivity contribution in [1.82, 2.24) is 10.2 Å². The molecule has 0 aromatic heterocycles. The molecule has 0 saturated carbocycles. The lowest BCUT2D eigenvalue weighted by molar-refractivity contribution is -0.133. The highest BCUT2D eigenvalue weighted by atomic mass is 16.5.